The lowest BCUT2D eigenvalue weighted by molar-refractivity contribution is -0.164. The minimum atomic E-state index is -1.88. The van der Waals surface area contributed by atoms with Crippen molar-refractivity contribution in [3.05, 3.63) is 34.9 Å². The minimum Gasteiger partial charge on any atom is -0.480 e. The number of esters is 1. The molecule has 0 radical (unpaired) electrons. The molecule has 0 saturated carbocycles. The normalized spacial score (nSPS) is 13.6. The van der Waals surface area contributed by atoms with Gasteiger partial charge in [0.25, 0.3) is 0 Å². The van der Waals surface area contributed by atoms with Gasteiger partial charge in [-0.15, -0.1) is 0 Å². The van der Waals surface area contributed by atoms with Crippen LogP contribution < -0.4 is 0 Å². The summed E-state index contributed by atoms with van der Waals surface area (Å²) in [6, 6.07) is 5.99. The molecule has 0 aromatic heterocycles. The fourth-order valence-corrected chi connectivity index (χ4v) is 1.86. The molecule has 1 rings (SSSR count). The van der Waals surface area contributed by atoms with E-state index in [4.69, 9.17) is 21.1 Å². The second kappa shape index (κ2) is 6.54. The molecule has 0 spiro atoms. The van der Waals surface area contributed by atoms with E-state index in [0.717, 1.165) is 0 Å². The maximum atomic E-state index is 12.1. The molecule has 104 valence electrons. The van der Waals surface area contributed by atoms with Crippen LogP contribution in [-0.2, 0) is 24.5 Å². The van der Waals surface area contributed by atoms with E-state index in [0.29, 0.717) is 5.02 Å². The second-order valence-corrected chi connectivity index (χ2v) is 4.31. The van der Waals surface area contributed by atoms with Crippen LogP contribution >= 0.6 is 11.6 Å². The Morgan fingerprint density at radius 1 is 1.32 bits per heavy atom. The largest absolute Gasteiger partial charge is 0.480 e. The first-order chi connectivity index (χ1) is 8.98. The summed E-state index contributed by atoms with van der Waals surface area (Å²) >= 11 is 5.76. The summed E-state index contributed by atoms with van der Waals surface area (Å²) in [5, 5.41) is 9.91. The van der Waals surface area contributed by atoms with Crippen LogP contribution in [0.1, 0.15) is 12.5 Å². The number of rotatable bonds is 6. The molecule has 0 aliphatic heterocycles. The van der Waals surface area contributed by atoms with Crippen LogP contribution in [-0.4, -0.2) is 37.4 Å². The predicted octanol–water partition coefficient (Wildman–Crippen LogP) is 1.87. The van der Waals surface area contributed by atoms with Crippen molar-refractivity contribution in [2.75, 3.05) is 20.3 Å². The van der Waals surface area contributed by atoms with Gasteiger partial charge in [-0.1, -0.05) is 23.7 Å². The summed E-state index contributed by atoms with van der Waals surface area (Å²) in [7, 11) is 1.33. The Hall–Kier alpha value is -1.59. The number of benzene rings is 1. The Morgan fingerprint density at radius 2 is 1.89 bits per heavy atom. The van der Waals surface area contributed by atoms with Gasteiger partial charge in [0.15, 0.2) is 0 Å². The number of carbonyl (C=O) groups excluding carboxylic acids is 1. The Morgan fingerprint density at radius 3 is 2.32 bits per heavy atom. The van der Waals surface area contributed by atoms with Crippen LogP contribution in [0.15, 0.2) is 24.3 Å². The maximum absolute atomic E-state index is 12.1. The van der Waals surface area contributed by atoms with E-state index >= 15 is 0 Å². The van der Waals surface area contributed by atoms with Crippen molar-refractivity contribution in [1.29, 1.82) is 0 Å². The summed E-state index contributed by atoms with van der Waals surface area (Å²) in [6.45, 7) is 1.38. The first-order valence-electron chi connectivity index (χ1n) is 5.64. The monoisotopic (exact) mass is 286 g/mol. The van der Waals surface area contributed by atoms with Gasteiger partial charge in [-0.05, 0) is 24.6 Å². The van der Waals surface area contributed by atoms with Crippen molar-refractivity contribution in [3.8, 4) is 0 Å². The average molecular weight is 287 g/mol. The molecule has 0 heterocycles. The molecule has 0 aliphatic rings. The third-order valence-electron chi connectivity index (χ3n) is 2.69. The molecule has 1 unspecified atom stereocenters. The number of hydrogen-bond acceptors (Lipinski definition) is 4. The first-order valence-corrected chi connectivity index (χ1v) is 6.02. The molecule has 1 aromatic carbocycles. The summed E-state index contributed by atoms with van der Waals surface area (Å²) in [5.74, 6) is -2.18. The van der Waals surface area contributed by atoms with E-state index < -0.39 is 17.4 Å². The number of aliphatic carboxylic acids is 1. The third-order valence-corrected chi connectivity index (χ3v) is 2.94. The van der Waals surface area contributed by atoms with Gasteiger partial charge in [0.2, 0.25) is 5.41 Å². The van der Waals surface area contributed by atoms with Gasteiger partial charge in [-0.2, -0.15) is 0 Å². The number of halogens is 1. The van der Waals surface area contributed by atoms with Crippen molar-refractivity contribution < 1.29 is 24.2 Å². The fraction of sp³-hybridized carbons (Fsp3) is 0.385. The van der Waals surface area contributed by atoms with Crippen LogP contribution in [0.4, 0.5) is 0 Å². The van der Waals surface area contributed by atoms with Gasteiger partial charge in [-0.3, -0.25) is 9.59 Å². The first kappa shape index (κ1) is 15.5. The molecule has 1 atom stereocenters. The summed E-state index contributed by atoms with van der Waals surface area (Å²) in [6.07, 6.45) is 0. The number of hydrogen-bond donors (Lipinski definition) is 1. The molecular formula is C13H15ClO5. The molecule has 0 amide bonds. The minimum absolute atomic E-state index is 0.0885. The van der Waals surface area contributed by atoms with Gasteiger partial charge >= 0.3 is 11.9 Å². The fourth-order valence-electron chi connectivity index (χ4n) is 1.74. The Labute approximate surface area is 116 Å². The molecule has 0 aliphatic carbocycles. The smallest absolute Gasteiger partial charge is 0.330 e. The van der Waals surface area contributed by atoms with E-state index in [2.05, 4.69) is 0 Å². The highest BCUT2D eigenvalue weighted by Gasteiger charge is 2.49. The lowest BCUT2D eigenvalue weighted by Gasteiger charge is -2.26. The van der Waals surface area contributed by atoms with E-state index in [1.807, 2.05) is 0 Å². The number of methoxy groups -OCH3 is 1. The quantitative estimate of drug-likeness (QED) is 0.638. The molecular weight excluding hydrogens is 272 g/mol. The highest BCUT2D eigenvalue weighted by atomic mass is 35.5. The molecule has 0 saturated heterocycles. The van der Waals surface area contributed by atoms with Crippen LogP contribution in [0.3, 0.4) is 0 Å². The predicted molar refractivity (Wildman–Crippen MR) is 69.3 cm³/mol. The van der Waals surface area contributed by atoms with Crippen LogP contribution in [0.25, 0.3) is 0 Å². The van der Waals surface area contributed by atoms with E-state index in [-0.39, 0.29) is 18.8 Å². The number of carboxylic acid groups (broad SMARTS) is 1. The molecule has 19 heavy (non-hydrogen) atoms. The van der Waals surface area contributed by atoms with Crippen LogP contribution in [0, 0.1) is 0 Å². The molecule has 0 bridgehead atoms. The Kier molecular flexibility index (Phi) is 5.32. The SMILES string of the molecule is CCOC(=O)C(COC)(C(=O)O)c1ccc(Cl)cc1. The third kappa shape index (κ3) is 3.05. The molecule has 1 aromatic rings. The van der Waals surface area contributed by atoms with Crippen molar-refractivity contribution in [2.45, 2.75) is 12.3 Å². The Balaban J connectivity index is 3.34. The van der Waals surface area contributed by atoms with Gasteiger partial charge < -0.3 is 14.6 Å². The lowest BCUT2D eigenvalue weighted by atomic mass is 9.81. The lowest BCUT2D eigenvalue weighted by Crippen LogP contribution is -2.48. The average Bonchev–Trinajstić information content (AvgIpc) is 2.37. The van der Waals surface area contributed by atoms with Crippen molar-refractivity contribution in [3.63, 3.8) is 0 Å². The van der Waals surface area contributed by atoms with Gasteiger partial charge in [0.1, 0.15) is 0 Å². The molecule has 0 fully saturated rings. The second-order valence-electron chi connectivity index (χ2n) is 3.87. The Bertz CT molecular complexity index is 457. The zero-order valence-electron chi connectivity index (χ0n) is 10.7. The zero-order valence-corrected chi connectivity index (χ0v) is 11.4. The standard InChI is InChI=1S/C13H15ClO5/c1-3-19-12(17)13(8-18-2,11(15)16)9-4-6-10(14)7-5-9/h4-7H,3,8H2,1-2H3,(H,15,16). The van der Waals surface area contributed by atoms with E-state index in [1.54, 1.807) is 6.92 Å². The summed E-state index contributed by atoms with van der Waals surface area (Å²) in [5.41, 5.74) is -1.61. The van der Waals surface area contributed by atoms with E-state index in [1.165, 1.54) is 31.4 Å². The van der Waals surface area contributed by atoms with Crippen molar-refractivity contribution in [2.24, 2.45) is 0 Å². The van der Waals surface area contributed by atoms with E-state index in [9.17, 15) is 14.7 Å². The number of carboxylic acids is 1. The van der Waals surface area contributed by atoms with Gasteiger partial charge in [0.05, 0.1) is 13.2 Å². The molecule has 5 nitrogen and oxygen atoms in total. The molecule has 6 heteroatoms. The van der Waals surface area contributed by atoms with Crippen LogP contribution in [0.5, 0.6) is 0 Å². The highest BCUT2D eigenvalue weighted by Crippen LogP contribution is 2.28. The number of carbonyl (C=O) groups is 2. The maximum Gasteiger partial charge on any atom is 0.330 e. The van der Waals surface area contributed by atoms with Gasteiger partial charge in [-0.25, -0.2) is 0 Å². The summed E-state index contributed by atoms with van der Waals surface area (Å²) in [4.78, 5) is 23.7. The van der Waals surface area contributed by atoms with Crippen molar-refractivity contribution in [1.82, 2.24) is 0 Å². The van der Waals surface area contributed by atoms with Crippen molar-refractivity contribution >= 4 is 23.5 Å². The molecule has 1 N–H and O–H groups in total. The highest BCUT2D eigenvalue weighted by molar-refractivity contribution is 6.30. The van der Waals surface area contributed by atoms with Gasteiger partial charge in [0, 0.05) is 12.1 Å². The van der Waals surface area contributed by atoms with Crippen LogP contribution in [0.2, 0.25) is 5.02 Å². The number of ether oxygens (including phenoxy) is 2. The topological polar surface area (TPSA) is 72.8 Å². The zero-order chi connectivity index (χ0) is 14.5. The summed E-state index contributed by atoms with van der Waals surface area (Å²) < 4.78 is 9.78.